The highest BCUT2D eigenvalue weighted by atomic mass is 32.2. The fourth-order valence-electron chi connectivity index (χ4n) is 2.39. The molecule has 0 aromatic carbocycles. The number of nitrogens with zero attached hydrogens (tertiary/aromatic N) is 2. The molecule has 2 aromatic rings. The van der Waals surface area contributed by atoms with Gasteiger partial charge in [-0.25, -0.2) is 9.78 Å². The van der Waals surface area contributed by atoms with E-state index in [0.29, 0.717) is 27.7 Å². The predicted molar refractivity (Wildman–Crippen MR) is 91.7 cm³/mol. The lowest BCUT2D eigenvalue weighted by Gasteiger charge is -2.07. The molecule has 2 heterocycles. The van der Waals surface area contributed by atoms with E-state index >= 15 is 0 Å². The molecule has 0 unspecified atom stereocenters. The van der Waals surface area contributed by atoms with Gasteiger partial charge in [-0.1, -0.05) is 25.6 Å². The fraction of sp³-hybridized carbons (Fsp3) is 0.500. The second-order valence-corrected chi connectivity index (χ2v) is 7.21. The summed E-state index contributed by atoms with van der Waals surface area (Å²) in [6.45, 7) is 9.32. The third-order valence-electron chi connectivity index (χ3n) is 3.75. The molecule has 0 saturated carbocycles. The summed E-state index contributed by atoms with van der Waals surface area (Å²) < 4.78 is 4.77. The quantitative estimate of drug-likeness (QED) is 0.472. The number of hydrogen-bond donors (Lipinski definition) is 2. The molecule has 0 aliphatic heterocycles. The number of ketones is 1. The first-order valence-electron chi connectivity index (χ1n) is 7.66. The summed E-state index contributed by atoms with van der Waals surface area (Å²) in [4.78, 5) is 31.9. The largest absolute Gasteiger partial charge is 0.465 e. The Morgan fingerprint density at radius 2 is 1.88 bits per heavy atom. The van der Waals surface area contributed by atoms with Crippen LogP contribution in [0.2, 0.25) is 0 Å². The molecule has 0 fully saturated rings. The van der Waals surface area contributed by atoms with Crippen molar-refractivity contribution < 1.29 is 14.3 Å². The van der Waals surface area contributed by atoms with Gasteiger partial charge in [0.15, 0.2) is 5.78 Å². The fourth-order valence-corrected chi connectivity index (χ4v) is 3.18. The molecule has 130 valence electrons. The SMILES string of the molecule is COC(=O)c1c(C)[nH]c(C(=O)[C@H](C)Sc2n[nH]c(C(C)C)n2)c1C. The van der Waals surface area contributed by atoms with E-state index in [9.17, 15) is 9.59 Å². The minimum atomic E-state index is -0.448. The van der Waals surface area contributed by atoms with E-state index in [-0.39, 0.29) is 17.0 Å². The Morgan fingerprint density at radius 3 is 2.42 bits per heavy atom. The standard InChI is InChI=1S/C16H22N4O3S/c1-7(2)14-18-16(20-19-14)24-10(5)13(21)12-8(3)11(9(4)17-12)15(22)23-6/h7,10,17H,1-6H3,(H,18,19,20)/t10-/m0/s1. The Bertz CT molecular complexity index is 763. The lowest BCUT2D eigenvalue weighted by molar-refractivity contribution is 0.0599. The summed E-state index contributed by atoms with van der Waals surface area (Å²) in [6.07, 6.45) is 0. The first kappa shape index (κ1) is 18.3. The van der Waals surface area contributed by atoms with Crippen LogP contribution in [0.25, 0.3) is 0 Å². The Morgan fingerprint density at radius 1 is 1.21 bits per heavy atom. The summed E-state index contributed by atoms with van der Waals surface area (Å²) in [5.74, 6) is 0.480. The van der Waals surface area contributed by atoms with Gasteiger partial charge >= 0.3 is 5.97 Å². The Labute approximate surface area is 145 Å². The van der Waals surface area contributed by atoms with Gasteiger partial charge in [-0.05, 0) is 26.3 Å². The molecular weight excluding hydrogens is 328 g/mol. The van der Waals surface area contributed by atoms with Crippen molar-refractivity contribution in [3.05, 3.63) is 28.3 Å². The second-order valence-electron chi connectivity index (χ2n) is 5.90. The van der Waals surface area contributed by atoms with Gasteiger partial charge in [-0.2, -0.15) is 0 Å². The zero-order chi connectivity index (χ0) is 18.0. The normalized spacial score (nSPS) is 12.5. The van der Waals surface area contributed by atoms with Gasteiger partial charge in [0, 0.05) is 11.6 Å². The summed E-state index contributed by atoms with van der Waals surface area (Å²) in [7, 11) is 1.32. The van der Waals surface area contributed by atoms with Gasteiger partial charge in [0.05, 0.1) is 23.6 Å². The van der Waals surface area contributed by atoms with Crippen molar-refractivity contribution in [1.29, 1.82) is 0 Å². The zero-order valence-electron chi connectivity index (χ0n) is 14.7. The van der Waals surface area contributed by atoms with Gasteiger partial charge in [-0.15, -0.1) is 5.10 Å². The highest BCUT2D eigenvalue weighted by Gasteiger charge is 2.26. The van der Waals surface area contributed by atoms with Crippen LogP contribution >= 0.6 is 11.8 Å². The van der Waals surface area contributed by atoms with Gasteiger partial charge in [0.25, 0.3) is 0 Å². The van der Waals surface area contributed by atoms with Crippen LogP contribution in [0.4, 0.5) is 0 Å². The number of hydrogen-bond acceptors (Lipinski definition) is 6. The molecule has 2 aromatic heterocycles. The summed E-state index contributed by atoms with van der Waals surface area (Å²) in [5, 5.41) is 7.15. The first-order valence-corrected chi connectivity index (χ1v) is 8.54. The number of carbonyl (C=O) groups is 2. The molecule has 0 aliphatic rings. The lowest BCUT2D eigenvalue weighted by Crippen LogP contribution is -2.15. The summed E-state index contributed by atoms with van der Waals surface area (Å²) in [6, 6.07) is 0. The van der Waals surface area contributed by atoms with Crippen molar-refractivity contribution in [2.75, 3.05) is 7.11 Å². The number of thioether (sulfide) groups is 1. The molecule has 1 atom stereocenters. The first-order chi connectivity index (χ1) is 11.3. The van der Waals surface area contributed by atoms with Crippen molar-refractivity contribution in [1.82, 2.24) is 20.2 Å². The lowest BCUT2D eigenvalue weighted by atomic mass is 10.1. The monoisotopic (exact) mass is 350 g/mol. The summed E-state index contributed by atoms with van der Waals surface area (Å²) >= 11 is 1.28. The van der Waals surface area contributed by atoms with E-state index in [4.69, 9.17) is 4.74 Å². The van der Waals surface area contributed by atoms with E-state index in [1.807, 2.05) is 13.8 Å². The molecule has 0 spiro atoms. The van der Waals surface area contributed by atoms with Crippen LogP contribution in [0.1, 0.15) is 64.6 Å². The molecule has 7 nitrogen and oxygen atoms in total. The van der Waals surface area contributed by atoms with E-state index in [1.165, 1.54) is 18.9 Å². The molecule has 8 heteroatoms. The van der Waals surface area contributed by atoms with E-state index in [0.717, 1.165) is 5.82 Å². The number of aryl methyl sites for hydroxylation is 1. The van der Waals surface area contributed by atoms with Crippen molar-refractivity contribution in [3.63, 3.8) is 0 Å². The molecule has 0 radical (unpaired) electrons. The number of nitrogens with one attached hydrogen (secondary N) is 2. The number of ether oxygens (including phenoxy) is 1. The van der Waals surface area contributed by atoms with E-state index < -0.39 is 5.97 Å². The highest BCUT2D eigenvalue weighted by molar-refractivity contribution is 8.00. The van der Waals surface area contributed by atoms with Crippen molar-refractivity contribution in [3.8, 4) is 0 Å². The minimum absolute atomic E-state index is 0.105. The minimum Gasteiger partial charge on any atom is -0.465 e. The van der Waals surface area contributed by atoms with E-state index in [2.05, 4.69) is 20.2 Å². The number of Topliss-reactive ketones (excluding diaryl/α,β-unsaturated/α-hetero) is 1. The third kappa shape index (κ3) is 3.53. The second kappa shape index (κ2) is 7.21. The van der Waals surface area contributed by atoms with Gasteiger partial charge in [0.1, 0.15) is 5.82 Å². The van der Waals surface area contributed by atoms with Crippen molar-refractivity contribution in [2.24, 2.45) is 0 Å². The van der Waals surface area contributed by atoms with Crippen molar-refractivity contribution >= 4 is 23.5 Å². The number of esters is 1. The third-order valence-corrected chi connectivity index (χ3v) is 4.71. The average molecular weight is 350 g/mol. The number of rotatable bonds is 6. The molecule has 0 amide bonds. The van der Waals surface area contributed by atoms with Crippen LogP contribution in [0, 0.1) is 13.8 Å². The number of methoxy groups -OCH3 is 1. The van der Waals surface area contributed by atoms with Gasteiger partial charge in [-0.3, -0.25) is 9.89 Å². The number of H-pyrrole nitrogens is 2. The molecule has 2 N–H and O–H groups in total. The number of carbonyl (C=O) groups excluding carboxylic acids is 2. The number of aromatic amines is 2. The topological polar surface area (TPSA) is 101 Å². The van der Waals surface area contributed by atoms with Crippen molar-refractivity contribution in [2.45, 2.75) is 50.9 Å². The Kier molecular flexibility index (Phi) is 5.48. The summed E-state index contributed by atoms with van der Waals surface area (Å²) in [5.41, 5.74) is 2.07. The maximum absolute atomic E-state index is 12.7. The number of aromatic nitrogens is 4. The van der Waals surface area contributed by atoms with Crippen LogP contribution in [0.5, 0.6) is 0 Å². The molecule has 0 saturated heterocycles. The van der Waals surface area contributed by atoms with Crippen LogP contribution in [0.15, 0.2) is 5.16 Å². The van der Waals surface area contributed by atoms with Crippen LogP contribution in [0.3, 0.4) is 0 Å². The Hall–Kier alpha value is -2.09. The van der Waals surface area contributed by atoms with Gasteiger partial charge in [0.2, 0.25) is 5.16 Å². The molecule has 2 rings (SSSR count). The zero-order valence-corrected chi connectivity index (χ0v) is 15.5. The average Bonchev–Trinajstić information content (AvgIpc) is 3.10. The van der Waals surface area contributed by atoms with Crippen LogP contribution in [-0.2, 0) is 4.74 Å². The maximum atomic E-state index is 12.7. The molecular formula is C16H22N4O3S. The van der Waals surface area contributed by atoms with Gasteiger partial charge < -0.3 is 9.72 Å². The molecule has 0 bridgehead atoms. The molecule has 0 aliphatic carbocycles. The maximum Gasteiger partial charge on any atom is 0.339 e. The van der Waals surface area contributed by atoms with Crippen LogP contribution in [-0.4, -0.2) is 44.3 Å². The highest BCUT2D eigenvalue weighted by Crippen LogP contribution is 2.26. The Balaban J connectivity index is 2.20. The molecule has 24 heavy (non-hydrogen) atoms. The van der Waals surface area contributed by atoms with Crippen LogP contribution < -0.4 is 0 Å². The predicted octanol–water partition coefficient (Wildman–Crippen LogP) is 3.02. The smallest absolute Gasteiger partial charge is 0.339 e. The van der Waals surface area contributed by atoms with E-state index in [1.54, 1.807) is 20.8 Å².